The Morgan fingerprint density at radius 2 is 1.86 bits per heavy atom. The summed E-state index contributed by atoms with van der Waals surface area (Å²) in [6.07, 6.45) is 1.28. The van der Waals surface area contributed by atoms with Crippen LogP contribution in [0.5, 0.6) is 5.75 Å². The van der Waals surface area contributed by atoms with Gasteiger partial charge in [0.25, 0.3) is 17.7 Å². The van der Waals surface area contributed by atoms with Crippen molar-refractivity contribution in [2.75, 3.05) is 23.4 Å². The van der Waals surface area contributed by atoms with Gasteiger partial charge in [0, 0.05) is 27.7 Å². The minimum atomic E-state index is -3.23. The Balaban J connectivity index is 1.42. The standard InChI is InChI=1S/C30H24F2N5O4Si/c1-29(42)18-36-26(24(17-34-36)27(39)35-22-9-12-25(41-14-13-38)19(15-22)16-33)28(40)37(29)23-10-7-21(8-11-23)30(31,32)20-5-3-2-4-6-20/h2-12,15,17,38H,13-14,18H2,1H3,(H,35,39)/t29-/m0/s1. The number of hydrogen-bond acceptors (Lipinski definition) is 6. The quantitative estimate of drug-likeness (QED) is 0.302. The number of nitrogens with one attached hydrogen (secondary N) is 1. The molecule has 1 aliphatic heterocycles. The molecule has 2 amide bonds. The van der Waals surface area contributed by atoms with Crippen LogP contribution in [0.15, 0.2) is 79.0 Å². The Hall–Kier alpha value is -4.86. The Bertz CT molecular complexity index is 1680. The van der Waals surface area contributed by atoms with Crippen molar-refractivity contribution in [3.63, 3.8) is 0 Å². The smallest absolute Gasteiger partial charge is 0.298 e. The van der Waals surface area contributed by atoms with Crippen molar-refractivity contribution in [3.8, 4) is 11.8 Å². The van der Waals surface area contributed by atoms with Gasteiger partial charge >= 0.3 is 0 Å². The number of carbonyl (C=O) groups is 2. The zero-order valence-electron chi connectivity index (χ0n) is 22.3. The van der Waals surface area contributed by atoms with E-state index in [1.807, 2.05) is 6.07 Å². The molecular formula is C30H24F2N5O4Si. The molecule has 1 aromatic heterocycles. The number of nitrogens with zero attached hydrogens (tertiary/aromatic N) is 4. The van der Waals surface area contributed by atoms with Crippen LogP contribution in [-0.2, 0) is 12.5 Å². The second kappa shape index (κ2) is 11.2. The molecule has 12 heteroatoms. The first-order chi connectivity index (χ1) is 20.1. The first kappa shape index (κ1) is 28.7. The molecule has 9 nitrogen and oxygen atoms in total. The van der Waals surface area contributed by atoms with Crippen molar-refractivity contribution < 1.29 is 28.2 Å². The predicted molar refractivity (Wildman–Crippen MR) is 151 cm³/mol. The summed E-state index contributed by atoms with van der Waals surface area (Å²) < 4.78 is 37.0. The molecule has 0 saturated heterocycles. The van der Waals surface area contributed by atoms with E-state index in [1.165, 1.54) is 70.4 Å². The average molecular weight is 585 g/mol. The molecule has 1 aliphatic rings. The molecule has 0 unspecified atom stereocenters. The molecule has 42 heavy (non-hydrogen) atoms. The van der Waals surface area contributed by atoms with Crippen LogP contribution in [0.4, 0.5) is 20.2 Å². The molecule has 4 aromatic rings. The van der Waals surface area contributed by atoms with Crippen LogP contribution in [0, 0.1) is 11.3 Å². The van der Waals surface area contributed by atoms with E-state index in [9.17, 15) is 14.9 Å². The molecule has 3 aromatic carbocycles. The topological polar surface area (TPSA) is 120 Å². The van der Waals surface area contributed by atoms with E-state index in [4.69, 9.17) is 9.84 Å². The summed E-state index contributed by atoms with van der Waals surface area (Å²) in [7, 11) is 3.64. The minimum Gasteiger partial charge on any atom is -0.490 e. The van der Waals surface area contributed by atoms with Gasteiger partial charge in [-0.25, -0.2) is 0 Å². The number of fused-ring (bicyclic) bond motifs is 1. The fourth-order valence-electron chi connectivity index (χ4n) is 4.80. The molecule has 5 rings (SSSR count). The Morgan fingerprint density at radius 3 is 2.52 bits per heavy atom. The third kappa shape index (κ3) is 5.27. The van der Waals surface area contributed by atoms with Gasteiger partial charge in [-0.15, -0.1) is 0 Å². The van der Waals surface area contributed by atoms with E-state index in [1.54, 1.807) is 25.1 Å². The van der Waals surface area contributed by atoms with Crippen molar-refractivity contribution in [1.82, 2.24) is 9.78 Å². The second-order valence-corrected chi connectivity index (χ2v) is 10.9. The van der Waals surface area contributed by atoms with E-state index >= 15 is 8.78 Å². The molecule has 0 aliphatic carbocycles. The molecule has 2 heterocycles. The molecule has 0 saturated carbocycles. The van der Waals surface area contributed by atoms with Gasteiger partial charge in [0.1, 0.15) is 24.1 Å². The van der Waals surface area contributed by atoms with Crippen LogP contribution in [0.2, 0.25) is 0 Å². The number of benzene rings is 3. The number of aliphatic hydroxyl groups is 1. The highest BCUT2D eigenvalue weighted by Crippen LogP contribution is 2.38. The number of hydrogen-bond donors (Lipinski definition) is 2. The van der Waals surface area contributed by atoms with Crippen LogP contribution < -0.4 is 15.0 Å². The molecule has 2 N–H and O–H groups in total. The van der Waals surface area contributed by atoms with Gasteiger partial charge in [0.05, 0.1) is 40.7 Å². The number of ether oxygens (including phenoxy) is 1. The van der Waals surface area contributed by atoms with Crippen LogP contribution in [0.3, 0.4) is 0 Å². The number of aliphatic hydroxyl groups excluding tert-OH is 1. The summed E-state index contributed by atoms with van der Waals surface area (Å²) in [5, 5.41) is 24.3. The highest BCUT2D eigenvalue weighted by Gasteiger charge is 2.43. The molecule has 1 atom stereocenters. The number of amides is 2. The van der Waals surface area contributed by atoms with Gasteiger partial charge in [-0.05, 0) is 37.3 Å². The molecule has 0 spiro atoms. The minimum absolute atomic E-state index is 0.00138. The van der Waals surface area contributed by atoms with Gasteiger partial charge in [0.2, 0.25) is 0 Å². The van der Waals surface area contributed by atoms with Crippen molar-refractivity contribution in [1.29, 1.82) is 5.26 Å². The maximum atomic E-state index is 15.1. The van der Waals surface area contributed by atoms with Crippen LogP contribution >= 0.6 is 0 Å². The van der Waals surface area contributed by atoms with Crippen molar-refractivity contribution in [2.45, 2.75) is 24.6 Å². The van der Waals surface area contributed by atoms with Gasteiger partial charge in [0.15, 0.2) is 0 Å². The third-order valence-electron chi connectivity index (χ3n) is 6.77. The lowest BCUT2D eigenvalue weighted by molar-refractivity contribution is 0.0428. The Labute approximate surface area is 243 Å². The second-order valence-electron chi connectivity index (χ2n) is 9.82. The van der Waals surface area contributed by atoms with E-state index in [0.717, 1.165) is 0 Å². The lowest BCUT2D eigenvalue weighted by Gasteiger charge is -2.42. The van der Waals surface area contributed by atoms with Crippen molar-refractivity contribution in [3.05, 3.63) is 107 Å². The van der Waals surface area contributed by atoms with Crippen LogP contribution in [-0.4, -0.2) is 55.3 Å². The fourth-order valence-corrected chi connectivity index (χ4v) is 5.18. The van der Waals surface area contributed by atoms with Gasteiger partial charge in [-0.1, -0.05) is 42.5 Å². The van der Waals surface area contributed by atoms with E-state index in [0.29, 0.717) is 5.69 Å². The highest BCUT2D eigenvalue weighted by molar-refractivity contribution is 6.25. The maximum absolute atomic E-state index is 15.1. The number of halogens is 2. The third-order valence-corrected chi connectivity index (χ3v) is 7.15. The number of carbonyl (C=O) groups excluding carboxylic acids is 2. The normalized spacial score (nSPS) is 16.5. The summed E-state index contributed by atoms with van der Waals surface area (Å²) in [5.74, 6) is -4.17. The number of nitriles is 1. The molecule has 3 radical (unpaired) electrons. The summed E-state index contributed by atoms with van der Waals surface area (Å²) in [4.78, 5) is 28.5. The number of anilines is 2. The van der Waals surface area contributed by atoms with E-state index in [-0.39, 0.29) is 59.1 Å². The summed E-state index contributed by atoms with van der Waals surface area (Å²) in [6.45, 7) is 1.68. The largest absolute Gasteiger partial charge is 0.490 e. The van der Waals surface area contributed by atoms with Gasteiger partial charge in [-0.2, -0.15) is 19.1 Å². The first-order valence-electron chi connectivity index (χ1n) is 12.9. The highest BCUT2D eigenvalue weighted by atomic mass is 28.1. The molecular weight excluding hydrogens is 560 g/mol. The summed E-state index contributed by atoms with van der Waals surface area (Å²) in [6, 6.07) is 19.3. The lowest BCUT2D eigenvalue weighted by atomic mass is 9.99. The number of aromatic nitrogens is 2. The monoisotopic (exact) mass is 584 g/mol. The molecule has 0 fully saturated rings. The molecule has 0 bridgehead atoms. The Morgan fingerprint density at radius 1 is 1.17 bits per heavy atom. The predicted octanol–water partition coefficient (Wildman–Crippen LogP) is 4.06. The molecule has 211 valence electrons. The van der Waals surface area contributed by atoms with Gasteiger partial charge < -0.3 is 20.1 Å². The average Bonchev–Trinajstić information content (AvgIpc) is 3.40. The lowest BCUT2D eigenvalue weighted by Crippen LogP contribution is -2.58. The maximum Gasteiger partial charge on any atom is 0.298 e. The van der Waals surface area contributed by atoms with E-state index in [2.05, 4.69) is 20.7 Å². The zero-order chi connectivity index (χ0) is 30.1. The zero-order valence-corrected chi connectivity index (χ0v) is 23.3. The van der Waals surface area contributed by atoms with Crippen molar-refractivity contribution in [2.24, 2.45) is 0 Å². The Kier molecular flexibility index (Phi) is 7.64. The van der Waals surface area contributed by atoms with E-state index < -0.39 is 22.9 Å². The van der Waals surface area contributed by atoms with Gasteiger partial charge in [-0.3, -0.25) is 14.3 Å². The van der Waals surface area contributed by atoms with Crippen LogP contribution in [0.1, 0.15) is 44.5 Å². The number of rotatable bonds is 8. The van der Waals surface area contributed by atoms with Crippen molar-refractivity contribution >= 4 is 33.4 Å². The SMILES string of the molecule is C[C@]1([Si])Cn2ncc(C(=O)Nc3ccc(OCCO)c(C#N)c3)c2C(=O)N1c1ccc(C(F)(F)c2ccccc2)cc1. The first-order valence-corrected chi connectivity index (χ1v) is 13.4. The number of alkyl halides is 2. The summed E-state index contributed by atoms with van der Waals surface area (Å²) in [5.41, 5.74) is 0.423. The van der Waals surface area contributed by atoms with Crippen LogP contribution in [0.25, 0.3) is 0 Å². The summed E-state index contributed by atoms with van der Waals surface area (Å²) >= 11 is 0. The fraction of sp³-hybridized carbons (Fsp3) is 0.200.